The summed E-state index contributed by atoms with van der Waals surface area (Å²) in [6.07, 6.45) is 5.37. The van der Waals surface area contributed by atoms with Crippen molar-refractivity contribution in [3.63, 3.8) is 0 Å². The van der Waals surface area contributed by atoms with Crippen LogP contribution in [0.3, 0.4) is 0 Å². The van der Waals surface area contributed by atoms with Crippen LogP contribution in [-0.4, -0.2) is 38.4 Å². The Kier molecular flexibility index (Phi) is 9.48. The van der Waals surface area contributed by atoms with E-state index >= 15 is 0 Å². The molecule has 2 aromatic carbocycles. The van der Waals surface area contributed by atoms with Gasteiger partial charge in [0, 0.05) is 35.3 Å². The van der Waals surface area contributed by atoms with Crippen molar-refractivity contribution in [3.05, 3.63) is 82.8 Å². The minimum atomic E-state index is -4.08. The van der Waals surface area contributed by atoms with E-state index in [0.717, 1.165) is 12.8 Å². The van der Waals surface area contributed by atoms with Gasteiger partial charge in [0.05, 0.1) is 36.6 Å². The number of nitrogens with zero attached hydrogens (tertiary/aromatic N) is 2. The zero-order valence-electron chi connectivity index (χ0n) is 23.2. The number of carbonyl (C=O) groups is 1. The number of rotatable bonds is 10. The molecule has 8 nitrogen and oxygen atoms in total. The highest BCUT2D eigenvalue weighted by Crippen LogP contribution is 2.31. The number of ether oxygens (including phenoxy) is 2. The largest absolute Gasteiger partial charge is 0.496 e. The molecular formula is C31H30ClN3O5S. The lowest BCUT2D eigenvalue weighted by atomic mass is 9.98. The molecule has 1 atom stereocenters. The van der Waals surface area contributed by atoms with Crippen LogP contribution in [-0.2, 0) is 10.0 Å². The van der Waals surface area contributed by atoms with Gasteiger partial charge >= 0.3 is 0 Å². The number of aromatic nitrogens is 2. The Bertz CT molecular complexity index is 1760. The number of anilines is 1. The third-order valence-electron chi connectivity index (χ3n) is 6.45. The maximum Gasteiger partial charge on any atom is 0.264 e. The predicted molar refractivity (Wildman–Crippen MR) is 160 cm³/mol. The molecule has 1 N–H and O–H groups in total. The van der Waals surface area contributed by atoms with Crippen molar-refractivity contribution in [1.29, 1.82) is 0 Å². The van der Waals surface area contributed by atoms with Crippen LogP contribution < -0.4 is 14.2 Å². The third-order valence-corrected chi connectivity index (χ3v) is 8.08. The fourth-order valence-electron chi connectivity index (χ4n) is 4.43. The molecule has 0 aliphatic heterocycles. The van der Waals surface area contributed by atoms with Crippen LogP contribution in [0, 0.1) is 17.8 Å². The van der Waals surface area contributed by atoms with Crippen molar-refractivity contribution in [2.75, 3.05) is 18.9 Å². The molecule has 0 bridgehead atoms. The summed E-state index contributed by atoms with van der Waals surface area (Å²) in [5.41, 5.74) is 1.58. The van der Waals surface area contributed by atoms with E-state index in [1.807, 2.05) is 6.92 Å². The lowest BCUT2D eigenvalue weighted by Crippen LogP contribution is -2.15. The van der Waals surface area contributed by atoms with Gasteiger partial charge in [0.2, 0.25) is 0 Å². The van der Waals surface area contributed by atoms with Crippen LogP contribution in [0.25, 0.3) is 10.9 Å². The van der Waals surface area contributed by atoms with Gasteiger partial charge in [0.1, 0.15) is 22.1 Å². The average molecular weight is 592 g/mol. The Hall–Kier alpha value is -4.13. The lowest BCUT2D eigenvalue weighted by Gasteiger charge is -2.13. The van der Waals surface area contributed by atoms with Crippen LogP contribution in [0.1, 0.15) is 54.7 Å². The maximum absolute atomic E-state index is 13.5. The fourth-order valence-corrected chi connectivity index (χ4v) is 5.84. The van der Waals surface area contributed by atoms with E-state index in [1.54, 1.807) is 36.4 Å². The number of methoxy groups -OCH3 is 2. The Morgan fingerprint density at radius 2 is 1.78 bits per heavy atom. The van der Waals surface area contributed by atoms with Gasteiger partial charge in [0.25, 0.3) is 10.0 Å². The summed E-state index contributed by atoms with van der Waals surface area (Å²) < 4.78 is 40.5. The number of sulfonamides is 1. The van der Waals surface area contributed by atoms with Gasteiger partial charge in [-0.05, 0) is 48.4 Å². The quantitative estimate of drug-likeness (QED) is 0.165. The number of benzene rings is 2. The zero-order valence-corrected chi connectivity index (χ0v) is 24.8. The molecule has 0 radical (unpaired) electrons. The maximum atomic E-state index is 13.5. The number of fused-ring (bicyclic) bond motifs is 1. The first-order valence-electron chi connectivity index (χ1n) is 13.0. The fraction of sp³-hybridized carbons (Fsp3) is 0.258. The predicted octanol–water partition coefficient (Wildman–Crippen LogP) is 6.51. The summed E-state index contributed by atoms with van der Waals surface area (Å²) in [7, 11) is -1.08. The second kappa shape index (κ2) is 13.0. The van der Waals surface area contributed by atoms with Gasteiger partial charge in [-0.25, -0.2) is 8.42 Å². The van der Waals surface area contributed by atoms with Crippen molar-refractivity contribution in [3.8, 4) is 23.3 Å². The molecule has 212 valence electrons. The summed E-state index contributed by atoms with van der Waals surface area (Å²) in [5.74, 6) is 7.04. The molecule has 0 aliphatic rings. The smallest absolute Gasteiger partial charge is 0.264 e. The minimum absolute atomic E-state index is 0.0119. The number of Topliss-reactive ketones (excluding diaryl/α,β-unsaturated/α-hetero) is 1. The Labute approximate surface area is 245 Å². The van der Waals surface area contributed by atoms with E-state index in [2.05, 4.69) is 33.5 Å². The molecule has 0 saturated carbocycles. The number of halogens is 1. The van der Waals surface area contributed by atoms with E-state index in [9.17, 15) is 13.2 Å². The lowest BCUT2D eigenvalue weighted by molar-refractivity contribution is 0.0957. The standard InChI is InChI=1S/C31H30ClN3O5S/c1-5-7-20(2)16-27(36)26-18-29(40-4)22(19-34-26)10-9-21-17-23(32)11-12-25(21)35-41(37,38)30-14-13-28(39-3)24-8-6-15-33-31(24)30/h6,8,11-15,17-20,35H,5,7,16H2,1-4H3. The SMILES string of the molecule is CCCC(C)CC(=O)c1cc(OC)c(C#Cc2cc(Cl)ccc2NS(=O)(=O)c2ccc(OC)c3cccnc23)cn1. The highest BCUT2D eigenvalue weighted by atomic mass is 35.5. The zero-order chi connectivity index (χ0) is 29.6. The van der Waals surface area contributed by atoms with Gasteiger partial charge in [-0.1, -0.05) is 50.1 Å². The van der Waals surface area contributed by atoms with Crippen LogP contribution in [0.5, 0.6) is 11.5 Å². The van der Waals surface area contributed by atoms with E-state index in [0.29, 0.717) is 45.1 Å². The van der Waals surface area contributed by atoms with Crippen LogP contribution >= 0.6 is 11.6 Å². The molecule has 10 heteroatoms. The third kappa shape index (κ3) is 6.96. The van der Waals surface area contributed by atoms with Crippen molar-refractivity contribution >= 4 is 44.0 Å². The van der Waals surface area contributed by atoms with Gasteiger partial charge in [-0.15, -0.1) is 0 Å². The topological polar surface area (TPSA) is 107 Å². The molecule has 1 unspecified atom stereocenters. The minimum Gasteiger partial charge on any atom is -0.496 e. The van der Waals surface area contributed by atoms with E-state index in [1.165, 1.54) is 38.7 Å². The Morgan fingerprint density at radius 1 is 1.02 bits per heavy atom. The molecule has 0 aliphatic carbocycles. The number of hydrogen-bond donors (Lipinski definition) is 1. The van der Waals surface area contributed by atoms with Crippen LogP contribution in [0.2, 0.25) is 5.02 Å². The normalized spacial score (nSPS) is 11.8. The summed E-state index contributed by atoms with van der Waals surface area (Å²) in [5, 5.41) is 0.941. The highest BCUT2D eigenvalue weighted by molar-refractivity contribution is 7.93. The molecule has 4 rings (SSSR count). The number of hydrogen-bond acceptors (Lipinski definition) is 7. The number of pyridine rings is 2. The first kappa shape index (κ1) is 29.8. The van der Waals surface area contributed by atoms with Gasteiger partial charge < -0.3 is 9.47 Å². The summed E-state index contributed by atoms with van der Waals surface area (Å²) in [4.78, 5) is 21.3. The summed E-state index contributed by atoms with van der Waals surface area (Å²) >= 11 is 6.23. The van der Waals surface area contributed by atoms with Gasteiger partial charge in [-0.3, -0.25) is 19.5 Å². The van der Waals surface area contributed by atoms with Gasteiger partial charge in [0.15, 0.2) is 5.78 Å². The number of carbonyl (C=O) groups excluding carboxylic acids is 1. The first-order chi connectivity index (χ1) is 19.7. The monoisotopic (exact) mass is 591 g/mol. The van der Waals surface area contributed by atoms with E-state index < -0.39 is 10.0 Å². The summed E-state index contributed by atoms with van der Waals surface area (Å²) in [6, 6.07) is 12.7. The molecule has 41 heavy (non-hydrogen) atoms. The molecule has 2 heterocycles. The molecule has 4 aromatic rings. The van der Waals surface area contributed by atoms with Crippen molar-refractivity contribution in [2.24, 2.45) is 5.92 Å². The summed E-state index contributed by atoms with van der Waals surface area (Å²) in [6.45, 7) is 4.13. The highest BCUT2D eigenvalue weighted by Gasteiger charge is 2.21. The van der Waals surface area contributed by atoms with Crippen molar-refractivity contribution in [1.82, 2.24) is 9.97 Å². The van der Waals surface area contributed by atoms with Crippen LogP contribution in [0.15, 0.2) is 65.8 Å². The van der Waals surface area contributed by atoms with E-state index in [-0.39, 0.29) is 27.8 Å². The van der Waals surface area contributed by atoms with Crippen molar-refractivity contribution in [2.45, 2.75) is 38.0 Å². The van der Waals surface area contributed by atoms with E-state index in [4.69, 9.17) is 21.1 Å². The van der Waals surface area contributed by atoms with Crippen molar-refractivity contribution < 1.29 is 22.7 Å². The molecule has 0 saturated heterocycles. The molecular weight excluding hydrogens is 562 g/mol. The number of ketones is 1. The number of nitrogens with one attached hydrogen (secondary N) is 1. The second-order valence-corrected chi connectivity index (χ2v) is 11.6. The Morgan fingerprint density at radius 3 is 2.51 bits per heavy atom. The second-order valence-electron chi connectivity index (χ2n) is 9.50. The Balaban J connectivity index is 1.67. The van der Waals surface area contributed by atoms with Gasteiger partial charge in [-0.2, -0.15) is 0 Å². The molecule has 0 amide bonds. The molecule has 0 spiro atoms. The van der Waals surface area contributed by atoms with Crippen LogP contribution in [0.4, 0.5) is 5.69 Å². The molecule has 2 aromatic heterocycles. The molecule has 0 fully saturated rings. The average Bonchev–Trinajstić information content (AvgIpc) is 2.96. The first-order valence-corrected chi connectivity index (χ1v) is 14.9.